The van der Waals surface area contributed by atoms with Crippen molar-refractivity contribution in [3.8, 4) is 17.2 Å². The number of oxazole rings is 1. The standard InChI is InChI=1S/C21H24N2O3/c1-12-9-15-18(10-13(12)2)26-19(22-15)14-7-8-17(25-6)16(11-14)23-20(24)21(3,4)5/h7-11H,1-6H3,(H,23,24). The minimum atomic E-state index is -0.506. The Morgan fingerprint density at radius 2 is 1.81 bits per heavy atom. The summed E-state index contributed by atoms with van der Waals surface area (Å²) in [4.78, 5) is 16.9. The number of benzene rings is 2. The number of methoxy groups -OCH3 is 1. The summed E-state index contributed by atoms with van der Waals surface area (Å²) in [6.07, 6.45) is 0. The van der Waals surface area contributed by atoms with Gasteiger partial charge in [-0.2, -0.15) is 0 Å². The number of amides is 1. The molecule has 0 spiro atoms. The van der Waals surface area contributed by atoms with Gasteiger partial charge in [-0.15, -0.1) is 0 Å². The van der Waals surface area contributed by atoms with Crippen LogP contribution in [0, 0.1) is 19.3 Å². The molecular formula is C21H24N2O3. The zero-order valence-electron chi connectivity index (χ0n) is 16.1. The van der Waals surface area contributed by atoms with Crippen molar-refractivity contribution in [3.63, 3.8) is 0 Å². The molecule has 26 heavy (non-hydrogen) atoms. The molecule has 1 aromatic heterocycles. The van der Waals surface area contributed by atoms with Crippen molar-refractivity contribution in [1.82, 2.24) is 4.98 Å². The molecule has 0 radical (unpaired) electrons. The normalized spacial score (nSPS) is 11.6. The van der Waals surface area contributed by atoms with E-state index in [1.807, 2.05) is 52.0 Å². The Morgan fingerprint density at radius 3 is 2.46 bits per heavy atom. The summed E-state index contributed by atoms with van der Waals surface area (Å²) in [5.41, 5.74) is 4.77. The van der Waals surface area contributed by atoms with Crippen LogP contribution in [0.4, 0.5) is 5.69 Å². The van der Waals surface area contributed by atoms with Crippen LogP contribution in [0.5, 0.6) is 5.75 Å². The SMILES string of the molecule is COc1ccc(-c2nc3cc(C)c(C)cc3o2)cc1NC(=O)C(C)(C)C. The van der Waals surface area contributed by atoms with Crippen molar-refractivity contribution in [2.24, 2.45) is 5.41 Å². The Morgan fingerprint density at radius 1 is 1.12 bits per heavy atom. The summed E-state index contributed by atoms with van der Waals surface area (Å²) in [6.45, 7) is 9.69. The molecule has 0 aliphatic rings. The van der Waals surface area contributed by atoms with Gasteiger partial charge in [-0.3, -0.25) is 4.79 Å². The molecule has 2 aromatic carbocycles. The van der Waals surface area contributed by atoms with E-state index in [0.29, 0.717) is 17.3 Å². The lowest BCUT2D eigenvalue weighted by Gasteiger charge is -2.19. The summed E-state index contributed by atoms with van der Waals surface area (Å²) >= 11 is 0. The minimum absolute atomic E-state index is 0.0863. The number of hydrogen-bond donors (Lipinski definition) is 1. The van der Waals surface area contributed by atoms with Crippen LogP contribution in [-0.4, -0.2) is 18.0 Å². The largest absolute Gasteiger partial charge is 0.495 e. The first-order valence-corrected chi connectivity index (χ1v) is 8.56. The highest BCUT2D eigenvalue weighted by Crippen LogP contribution is 2.33. The van der Waals surface area contributed by atoms with E-state index in [-0.39, 0.29) is 5.91 Å². The molecule has 0 aliphatic carbocycles. The van der Waals surface area contributed by atoms with Gasteiger partial charge in [0.05, 0.1) is 12.8 Å². The van der Waals surface area contributed by atoms with Gasteiger partial charge >= 0.3 is 0 Å². The van der Waals surface area contributed by atoms with Gasteiger partial charge in [0.1, 0.15) is 11.3 Å². The molecule has 0 aliphatic heterocycles. The number of nitrogens with zero attached hydrogens (tertiary/aromatic N) is 1. The van der Waals surface area contributed by atoms with Gasteiger partial charge in [0.25, 0.3) is 0 Å². The summed E-state index contributed by atoms with van der Waals surface area (Å²) in [5, 5.41) is 2.93. The lowest BCUT2D eigenvalue weighted by molar-refractivity contribution is -0.123. The number of fused-ring (bicyclic) bond motifs is 1. The smallest absolute Gasteiger partial charge is 0.229 e. The second kappa shape index (κ2) is 6.48. The molecule has 136 valence electrons. The van der Waals surface area contributed by atoms with Crippen LogP contribution in [0.2, 0.25) is 0 Å². The number of carbonyl (C=O) groups is 1. The van der Waals surface area contributed by atoms with Crippen molar-refractivity contribution in [2.45, 2.75) is 34.6 Å². The molecule has 5 nitrogen and oxygen atoms in total. The third-order valence-electron chi connectivity index (χ3n) is 4.38. The van der Waals surface area contributed by atoms with Crippen molar-refractivity contribution >= 4 is 22.7 Å². The fraction of sp³-hybridized carbons (Fsp3) is 0.333. The number of carbonyl (C=O) groups excluding carboxylic acids is 1. The van der Waals surface area contributed by atoms with Crippen LogP contribution in [-0.2, 0) is 4.79 Å². The summed E-state index contributed by atoms with van der Waals surface area (Å²) in [6, 6.07) is 9.51. The van der Waals surface area contributed by atoms with E-state index in [9.17, 15) is 4.79 Å². The second-order valence-corrected chi connectivity index (χ2v) is 7.54. The van der Waals surface area contributed by atoms with E-state index >= 15 is 0 Å². The van der Waals surface area contributed by atoms with Crippen LogP contribution in [0.15, 0.2) is 34.7 Å². The molecule has 0 fully saturated rings. The van der Waals surface area contributed by atoms with Gasteiger partial charge in [0.2, 0.25) is 11.8 Å². The Kier molecular flexibility index (Phi) is 4.48. The van der Waals surface area contributed by atoms with Crippen LogP contribution < -0.4 is 10.1 Å². The molecule has 0 atom stereocenters. The monoisotopic (exact) mass is 352 g/mol. The molecule has 5 heteroatoms. The number of ether oxygens (including phenoxy) is 1. The second-order valence-electron chi connectivity index (χ2n) is 7.54. The summed E-state index contributed by atoms with van der Waals surface area (Å²) < 4.78 is 11.3. The quantitative estimate of drug-likeness (QED) is 0.712. The fourth-order valence-corrected chi connectivity index (χ4v) is 2.55. The topological polar surface area (TPSA) is 64.4 Å². The first-order chi connectivity index (χ1) is 12.2. The lowest BCUT2D eigenvalue weighted by Crippen LogP contribution is -2.27. The highest BCUT2D eigenvalue weighted by molar-refractivity contribution is 5.96. The highest BCUT2D eigenvalue weighted by Gasteiger charge is 2.23. The van der Waals surface area contributed by atoms with Crippen molar-refractivity contribution in [2.75, 3.05) is 12.4 Å². The predicted molar refractivity (Wildman–Crippen MR) is 104 cm³/mol. The number of nitrogens with one attached hydrogen (secondary N) is 1. The summed E-state index contributed by atoms with van der Waals surface area (Å²) in [5.74, 6) is 1.02. The molecule has 0 unspecified atom stereocenters. The third kappa shape index (κ3) is 3.43. The molecule has 1 amide bonds. The number of hydrogen-bond acceptors (Lipinski definition) is 4. The van der Waals surface area contributed by atoms with E-state index in [4.69, 9.17) is 9.15 Å². The van der Waals surface area contributed by atoms with Gasteiger partial charge in [-0.1, -0.05) is 20.8 Å². The minimum Gasteiger partial charge on any atom is -0.495 e. The van der Waals surface area contributed by atoms with E-state index < -0.39 is 5.41 Å². The van der Waals surface area contributed by atoms with Gasteiger partial charge < -0.3 is 14.5 Å². The zero-order chi connectivity index (χ0) is 19.1. The highest BCUT2D eigenvalue weighted by atomic mass is 16.5. The Balaban J connectivity index is 2.03. The number of aromatic nitrogens is 1. The first-order valence-electron chi connectivity index (χ1n) is 8.56. The maximum Gasteiger partial charge on any atom is 0.229 e. The number of rotatable bonds is 3. The van der Waals surface area contributed by atoms with Gasteiger partial charge in [0, 0.05) is 11.0 Å². The molecule has 3 aromatic rings. The molecule has 1 heterocycles. The molecule has 0 saturated heterocycles. The average Bonchev–Trinajstić information content (AvgIpc) is 2.97. The van der Waals surface area contributed by atoms with Crippen LogP contribution >= 0.6 is 0 Å². The van der Waals surface area contributed by atoms with E-state index in [2.05, 4.69) is 17.2 Å². The maximum absolute atomic E-state index is 12.4. The van der Waals surface area contributed by atoms with Crippen molar-refractivity contribution in [1.29, 1.82) is 0 Å². The predicted octanol–water partition coefficient (Wildman–Crippen LogP) is 5.10. The molecule has 3 rings (SSSR count). The lowest BCUT2D eigenvalue weighted by atomic mass is 9.95. The van der Waals surface area contributed by atoms with Gasteiger partial charge in [0.15, 0.2) is 5.58 Å². The summed E-state index contributed by atoms with van der Waals surface area (Å²) in [7, 11) is 1.58. The Bertz CT molecular complexity index is 942. The third-order valence-corrected chi connectivity index (χ3v) is 4.38. The van der Waals surface area contributed by atoms with Crippen molar-refractivity contribution < 1.29 is 13.9 Å². The molecule has 0 bridgehead atoms. The van der Waals surface area contributed by atoms with Crippen LogP contribution in [0.3, 0.4) is 0 Å². The molecular weight excluding hydrogens is 328 g/mol. The zero-order valence-corrected chi connectivity index (χ0v) is 16.1. The molecule has 0 saturated carbocycles. The Hall–Kier alpha value is -2.82. The maximum atomic E-state index is 12.4. The van der Waals surface area contributed by atoms with Gasteiger partial charge in [-0.25, -0.2) is 4.98 Å². The molecule has 1 N–H and O–H groups in total. The number of anilines is 1. The number of aryl methyl sites for hydroxylation is 2. The van der Waals surface area contributed by atoms with Crippen LogP contribution in [0.25, 0.3) is 22.6 Å². The van der Waals surface area contributed by atoms with Crippen LogP contribution in [0.1, 0.15) is 31.9 Å². The average molecular weight is 352 g/mol. The first kappa shape index (κ1) is 18.0. The van der Waals surface area contributed by atoms with Gasteiger partial charge in [-0.05, 0) is 55.3 Å². The van der Waals surface area contributed by atoms with E-state index in [1.165, 1.54) is 5.56 Å². The van der Waals surface area contributed by atoms with E-state index in [0.717, 1.165) is 22.2 Å². The van der Waals surface area contributed by atoms with E-state index in [1.54, 1.807) is 13.2 Å². The fourth-order valence-electron chi connectivity index (χ4n) is 2.55. The van der Waals surface area contributed by atoms with Crippen molar-refractivity contribution in [3.05, 3.63) is 41.5 Å². The Labute approximate surface area is 153 Å².